The number of esters is 1. The van der Waals surface area contributed by atoms with Crippen LogP contribution in [0.4, 0.5) is 0 Å². The van der Waals surface area contributed by atoms with Gasteiger partial charge in [0, 0.05) is 31.3 Å². The lowest BCUT2D eigenvalue weighted by atomic mass is 9.88. The van der Waals surface area contributed by atoms with E-state index in [-0.39, 0.29) is 17.6 Å². The highest BCUT2D eigenvalue weighted by Crippen LogP contribution is 2.36. The van der Waals surface area contributed by atoms with Crippen molar-refractivity contribution in [3.8, 4) is 0 Å². The average Bonchev–Trinajstić information content (AvgIpc) is 2.82. The van der Waals surface area contributed by atoms with Crippen LogP contribution >= 0.6 is 0 Å². The van der Waals surface area contributed by atoms with Gasteiger partial charge in [0.1, 0.15) is 5.78 Å². The molecule has 0 heterocycles. The van der Waals surface area contributed by atoms with Crippen molar-refractivity contribution in [1.82, 2.24) is 0 Å². The fourth-order valence-electron chi connectivity index (χ4n) is 3.20. The summed E-state index contributed by atoms with van der Waals surface area (Å²) in [7, 11) is 1.31. The first-order chi connectivity index (χ1) is 11.5. The van der Waals surface area contributed by atoms with Gasteiger partial charge in [-0.25, -0.2) is 4.79 Å². The molecule has 1 aliphatic rings. The van der Waals surface area contributed by atoms with Crippen LogP contribution in [0.1, 0.15) is 51.9 Å². The summed E-state index contributed by atoms with van der Waals surface area (Å²) in [4.78, 5) is 22.9. The van der Waals surface area contributed by atoms with Gasteiger partial charge in [0.25, 0.3) is 0 Å². The SMILES string of the molecule is CCCCCC(=O)CC[C@@H]1[C@H](/C=C/C=C/C(=O)OC)[C@@H](O)C[C@H]1O. The van der Waals surface area contributed by atoms with Crippen LogP contribution in [0.3, 0.4) is 0 Å². The third kappa shape index (κ3) is 6.97. The third-order valence-electron chi connectivity index (χ3n) is 4.61. The van der Waals surface area contributed by atoms with E-state index in [1.54, 1.807) is 18.2 Å². The number of rotatable bonds is 10. The zero-order valence-electron chi connectivity index (χ0n) is 14.7. The monoisotopic (exact) mass is 338 g/mol. The molecule has 1 rings (SSSR count). The molecule has 0 aromatic carbocycles. The summed E-state index contributed by atoms with van der Waals surface area (Å²) in [5.41, 5.74) is 0. The number of methoxy groups -OCH3 is 1. The molecule has 1 saturated carbocycles. The first kappa shape index (κ1) is 20.6. The van der Waals surface area contributed by atoms with Gasteiger partial charge in [-0.2, -0.15) is 0 Å². The van der Waals surface area contributed by atoms with Gasteiger partial charge in [0.2, 0.25) is 0 Å². The lowest BCUT2D eigenvalue weighted by Gasteiger charge is -2.20. The zero-order valence-corrected chi connectivity index (χ0v) is 14.7. The summed E-state index contributed by atoms with van der Waals surface area (Å²) in [5.74, 6) is -0.546. The molecule has 0 aromatic rings. The third-order valence-corrected chi connectivity index (χ3v) is 4.61. The number of ether oxygens (including phenoxy) is 1. The number of hydrogen-bond donors (Lipinski definition) is 2. The second-order valence-electron chi connectivity index (χ2n) is 6.41. The van der Waals surface area contributed by atoms with Crippen molar-refractivity contribution in [3.63, 3.8) is 0 Å². The second-order valence-corrected chi connectivity index (χ2v) is 6.41. The van der Waals surface area contributed by atoms with Crippen molar-refractivity contribution >= 4 is 11.8 Å². The predicted octanol–water partition coefficient (Wildman–Crippen LogP) is 2.56. The first-order valence-electron chi connectivity index (χ1n) is 8.80. The summed E-state index contributed by atoms with van der Waals surface area (Å²) in [6.45, 7) is 2.10. The van der Waals surface area contributed by atoms with Gasteiger partial charge < -0.3 is 14.9 Å². The van der Waals surface area contributed by atoms with E-state index in [0.29, 0.717) is 25.7 Å². The minimum absolute atomic E-state index is 0.127. The Hall–Kier alpha value is -1.46. The van der Waals surface area contributed by atoms with E-state index >= 15 is 0 Å². The van der Waals surface area contributed by atoms with E-state index in [0.717, 1.165) is 19.3 Å². The molecule has 24 heavy (non-hydrogen) atoms. The molecule has 0 unspecified atom stereocenters. The van der Waals surface area contributed by atoms with Crippen LogP contribution in [-0.4, -0.2) is 41.3 Å². The number of carbonyl (C=O) groups is 2. The van der Waals surface area contributed by atoms with E-state index in [1.165, 1.54) is 13.2 Å². The van der Waals surface area contributed by atoms with Gasteiger partial charge in [-0.15, -0.1) is 0 Å². The molecular formula is C19H30O5. The van der Waals surface area contributed by atoms with E-state index in [4.69, 9.17) is 0 Å². The maximum Gasteiger partial charge on any atom is 0.330 e. The molecule has 1 fully saturated rings. The largest absolute Gasteiger partial charge is 0.466 e. The minimum Gasteiger partial charge on any atom is -0.466 e. The molecule has 0 radical (unpaired) electrons. The van der Waals surface area contributed by atoms with Crippen molar-refractivity contribution in [3.05, 3.63) is 24.3 Å². The Morgan fingerprint density at radius 2 is 1.88 bits per heavy atom. The van der Waals surface area contributed by atoms with E-state index in [2.05, 4.69) is 11.7 Å². The fraction of sp³-hybridized carbons (Fsp3) is 0.684. The maximum atomic E-state index is 11.9. The number of carbonyl (C=O) groups excluding carboxylic acids is 2. The van der Waals surface area contributed by atoms with Crippen LogP contribution in [0.5, 0.6) is 0 Å². The molecule has 0 aromatic heterocycles. The van der Waals surface area contributed by atoms with Crippen molar-refractivity contribution in [2.45, 2.75) is 64.1 Å². The van der Waals surface area contributed by atoms with Crippen molar-refractivity contribution in [2.24, 2.45) is 11.8 Å². The molecule has 4 atom stereocenters. The molecule has 0 saturated heterocycles. The molecular weight excluding hydrogens is 308 g/mol. The number of aliphatic hydroxyl groups is 2. The van der Waals surface area contributed by atoms with Gasteiger partial charge in [0.05, 0.1) is 19.3 Å². The molecule has 1 aliphatic carbocycles. The first-order valence-corrected chi connectivity index (χ1v) is 8.80. The standard InChI is InChI=1S/C19H30O5/c1-3-4-5-8-14(20)11-12-16-15(17(21)13-18(16)22)9-6-7-10-19(23)24-2/h6-7,9-10,15-18,21-22H,3-5,8,11-13H2,1-2H3/b9-6+,10-7+/t15-,16+,17-,18+/m0/s1. The second kappa shape index (κ2) is 11.2. The average molecular weight is 338 g/mol. The van der Waals surface area contributed by atoms with Crippen LogP contribution in [0.15, 0.2) is 24.3 Å². The molecule has 0 spiro atoms. The Morgan fingerprint density at radius 1 is 1.12 bits per heavy atom. The topological polar surface area (TPSA) is 83.8 Å². The number of Topliss-reactive ketones (excluding diaryl/α,β-unsaturated/α-hetero) is 1. The number of hydrogen-bond acceptors (Lipinski definition) is 5. The summed E-state index contributed by atoms with van der Waals surface area (Å²) in [6.07, 6.45) is 10.1. The predicted molar refractivity (Wildman–Crippen MR) is 92.3 cm³/mol. The number of aliphatic hydroxyl groups excluding tert-OH is 2. The van der Waals surface area contributed by atoms with E-state index in [9.17, 15) is 19.8 Å². The number of ketones is 1. The van der Waals surface area contributed by atoms with Crippen molar-refractivity contribution < 1.29 is 24.5 Å². The highest BCUT2D eigenvalue weighted by Gasteiger charge is 2.39. The number of unbranched alkanes of at least 4 members (excludes halogenated alkanes) is 2. The van der Waals surface area contributed by atoms with Crippen LogP contribution in [-0.2, 0) is 14.3 Å². The Balaban J connectivity index is 2.53. The Kier molecular flexibility index (Phi) is 9.57. The van der Waals surface area contributed by atoms with E-state index < -0.39 is 18.2 Å². The number of allylic oxidation sites excluding steroid dienone is 2. The highest BCUT2D eigenvalue weighted by molar-refractivity contribution is 5.82. The van der Waals surface area contributed by atoms with Gasteiger partial charge in [-0.3, -0.25) is 4.79 Å². The van der Waals surface area contributed by atoms with Crippen LogP contribution in [0.25, 0.3) is 0 Å². The smallest absolute Gasteiger partial charge is 0.330 e. The molecule has 0 amide bonds. The summed E-state index contributed by atoms with van der Waals surface area (Å²) >= 11 is 0. The molecule has 5 heteroatoms. The quantitative estimate of drug-likeness (QED) is 0.277. The zero-order chi connectivity index (χ0) is 17.9. The van der Waals surface area contributed by atoms with Gasteiger partial charge in [-0.1, -0.05) is 38.0 Å². The maximum absolute atomic E-state index is 11.9. The summed E-state index contributed by atoms with van der Waals surface area (Å²) in [6, 6.07) is 0. The van der Waals surface area contributed by atoms with E-state index in [1.807, 2.05) is 0 Å². The molecule has 136 valence electrons. The Labute approximate surface area is 144 Å². The van der Waals surface area contributed by atoms with Crippen LogP contribution < -0.4 is 0 Å². The Bertz CT molecular complexity index is 455. The lowest BCUT2D eigenvalue weighted by Crippen LogP contribution is -2.21. The molecule has 0 aliphatic heterocycles. The minimum atomic E-state index is -0.622. The van der Waals surface area contributed by atoms with Crippen LogP contribution in [0, 0.1) is 11.8 Å². The molecule has 2 N–H and O–H groups in total. The highest BCUT2D eigenvalue weighted by atomic mass is 16.5. The van der Waals surface area contributed by atoms with Gasteiger partial charge in [0.15, 0.2) is 0 Å². The summed E-state index contributed by atoms with van der Waals surface area (Å²) in [5, 5.41) is 20.3. The molecule has 5 nitrogen and oxygen atoms in total. The van der Waals surface area contributed by atoms with Crippen molar-refractivity contribution in [1.29, 1.82) is 0 Å². The van der Waals surface area contributed by atoms with Crippen LogP contribution in [0.2, 0.25) is 0 Å². The van der Waals surface area contributed by atoms with Crippen molar-refractivity contribution in [2.75, 3.05) is 7.11 Å². The lowest BCUT2D eigenvalue weighted by molar-refractivity contribution is -0.134. The normalized spacial score (nSPS) is 27.2. The van der Waals surface area contributed by atoms with Gasteiger partial charge >= 0.3 is 5.97 Å². The van der Waals surface area contributed by atoms with Gasteiger partial charge in [-0.05, 0) is 18.8 Å². The molecule has 0 bridgehead atoms. The Morgan fingerprint density at radius 3 is 2.54 bits per heavy atom. The summed E-state index contributed by atoms with van der Waals surface area (Å²) < 4.78 is 4.50. The fourth-order valence-corrected chi connectivity index (χ4v) is 3.20.